The molecule has 128 valence electrons. The lowest BCUT2D eigenvalue weighted by atomic mass is 9.87. The Balaban J connectivity index is 1.67. The molecule has 2 aliphatic rings. The first-order chi connectivity index (χ1) is 11.1. The predicted molar refractivity (Wildman–Crippen MR) is 91.5 cm³/mol. The highest BCUT2D eigenvalue weighted by Crippen LogP contribution is 2.39. The molecule has 3 heterocycles. The van der Waals surface area contributed by atoms with Crippen molar-refractivity contribution >= 4 is 5.91 Å². The lowest BCUT2D eigenvalue weighted by Crippen LogP contribution is -2.47. The number of hydrogen-bond acceptors (Lipinski definition) is 3. The van der Waals surface area contributed by atoms with Crippen molar-refractivity contribution in [2.75, 3.05) is 26.2 Å². The van der Waals surface area contributed by atoms with Gasteiger partial charge < -0.3 is 14.2 Å². The third kappa shape index (κ3) is 3.63. The molecule has 2 saturated heterocycles. The maximum absolute atomic E-state index is 12.8. The normalized spacial score (nSPS) is 26.1. The standard InChI is InChI=1S/C19H30N2O2/c1-16(2)5-12-20-10-3-7-19(9-13-20)8-4-11-21(19)18(22)17-6-14-23-15-17/h6,14-16H,3-5,7-13H2,1-2H3. The van der Waals surface area contributed by atoms with Crippen molar-refractivity contribution in [2.24, 2.45) is 5.92 Å². The summed E-state index contributed by atoms with van der Waals surface area (Å²) in [6, 6.07) is 1.79. The summed E-state index contributed by atoms with van der Waals surface area (Å²) in [7, 11) is 0. The van der Waals surface area contributed by atoms with Gasteiger partial charge in [0.15, 0.2) is 0 Å². The van der Waals surface area contributed by atoms with E-state index in [4.69, 9.17) is 4.42 Å². The third-order valence-electron chi connectivity index (χ3n) is 5.64. The fraction of sp³-hybridized carbons (Fsp3) is 0.737. The number of nitrogens with zero attached hydrogens (tertiary/aromatic N) is 2. The molecule has 1 atom stereocenters. The second-order valence-corrected chi connectivity index (χ2v) is 7.67. The van der Waals surface area contributed by atoms with Gasteiger partial charge in [-0.2, -0.15) is 0 Å². The minimum Gasteiger partial charge on any atom is -0.472 e. The SMILES string of the molecule is CC(C)CCN1CCCC2(CCCN2C(=O)c2ccoc2)CC1. The molecule has 4 heteroatoms. The zero-order chi connectivity index (χ0) is 16.3. The van der Waals surface area contributed by atoms with Crippen molar-refractivity contribution in [3.05, 3.63) is 24.2 Å². The molecule has 0 aromatic carbocycles. The van der Waals surface area contributed by atoms with Crippen LogP contribution in [0.4, 0.5) is 0 Å². The number of carbonyl (C=O) groups excluding carboxylic acids is 1. The molecule has 2 aliphatic heterocycles. The second-order valence-electron chi connectivity index (χ2n) is 7.67. The fourth-order valence-electron chi connectivity index (χ4n) is 4.22. The molecule has 1 amide bonds. The van der Waals surface area contributed by atoms with E-state index >= 15 is 0 Å². The summed E-state index contributed by atoms with van der Waals surface area (Å²) < 4.78 is 5.11. The van der Waals surface area contributed by atoms with E-state index in [1.807, 2.05) is 0 Å². The topological polar surface area (TPSA) is 36.7 Å². The van der Waals surface area contributed by atoms with E-state index in [1.165, 1.54) is 25.9 Å². The van der Waals surface area contributed by atoms with Crippen molar-refractivity contribution in [3.8, 4) is 0 Å². The van der Waals surface area contributed by atoms with Crippen molar-refractivity contribution in [1.29, 1.82) is 0 Å². The van der Waals surface area contributed by atoms with Crippen LogP contribution in [0.15, 0.2) is 23.0 Å². The maximum Gasteiger partial charge on any atom is 0.257 e. The van der Waals surface area contributed by atoms with Gasteiger partial charge in [-0.3, -0.25) is 4.79 Å². The van der Waals surface area contributed by atoms with E-state index < -0.39 is 0 Å². The molecule has 2 fully saturated rings. The molecule has 3 rings (SSSR count). The van der Waals surface area contributed by atoms with Gasteiger partial charge in [-0.25, -0.2) is 0 Å². The quantitative estimate of drug-likeness (QED) is 0.847. The average molecular weight is 318 g/mol. The summed E-state index contributed by atoms with van der Waals surface area (Å²) in [6.45, 7) is 8.99. The van der Waals surface area contributed by atoms with E-state index in [0.29, 0.717) is 5.56 Å². The highest BCUT2D eigenvalue weighted by atomic mass is 16.3. The number of rotatable bonds is 4. The molecular formula is C19H30N2O2. The predicted octanol–water partition coefficient (Wildman–Crippen LogP) is 3.79. The van der Waals surface area contributed by atoms with E-state index in [-0.39, 0.29) is 11.4 Å². The number of amides is 1. The fourth-order valence-corrected chi connectivity index (χ4v) is 4.22. The monoisotopic (exact) mass is 318 g/mol. The molecule has 23 heavy (non-hydrogen) atoms. The van der Waals surface area contributed by atoms with Gasteiger partial charge in [-0.15, -0.1) is 0 Å². The molecule has 0 N–H and O–H groups in total. The molecule has 0 bridgehead atoms. The Morgan fingerprint density at radius 2 is 2.00 bits per heavy atom. The van der Waals surface area contributed by atoms with Gasteiger partial charge in [0, 0.05) is 18.6 Å². The molecule has 0 aliphatic carbocycles. The smallest absolute Gasteiger partial charge is 0.257 e. The summed E-state index contributed by atoms with van der Waals surface area (Å²) >= 11 is 0. The third-order valence-corrected chi connectivity index (χ3v) is 5.64. The van der Waals surface area contributed by atoms with E-state index in [9.17, 15) is 4.79 Å². The van der Waals surface area contributed by atoms with Gasteiger partial charge in [0.2, 0.25) is 0 Å². The van der Waals surface area contributed by atoms with Crippen LogP contribution in [0.2, 0.25) is 0 Å². The van der Waals surface area contributed by atoms with Gasteiger partial charge in [-0.1, -0.05) is 13.8 Å². The molecule has 0 radical (unpaired) electrons. The van der Waals surface area contributed by atoms with Crippen LogP contribution in [0.25, 0.3) is 0 Å². The van der Waals surface area contributed by atoms with Crippen molar-refractivity contribution in [2.45, 2.75) is 57.9 Å². The van der Waals surface area contributed by atoms with E-state index in [1.54, 1.807) is 18.6 Å². The summed E-state index contributed by atoms with van der Waals surface area (Å²) in [5, 5.41) is 0. The van der Waals surface area contributed by atoms with E-state index in [0.717, 1.165) is 44.7 Å². The zero-order valence-corrected chi connectivity index (χ0v) is 14.6. The molecular weight excluding hydrogens is 288 g/mol. The van der Waals surface area contributed by atoms with Crippen LogP contribution < -0.4 is 0 Å². The molecule has 4 nitrogen and oxygen atoms in total. The average Bonchev–Trinajstić information content (AvgIpc) is 3.14. The van der Waals surface area contributed by atoms with Crippen molar-refractivity contribution in [3.63, 3.8) is 0 Å². The lowest BCUT2D eigenvalue weighted by molar-refractivity contribution is 0.0557. The Morgan fingerprint density at radius 3 is 2.70 bits per heavy atom. The zero-order valence-electron chi connectivity index (χ0n) is 14.6. The van der Waals surface area contributed by atoms with Crippen LogP contribution in [-0.4, -0.2) is 47.4 Å². The second kappa shape index (κ2) is 7.08. The van der Waals surface area contributed by atoms with Crippen LogP contribution in [0.3, 0.4) is 0 Å². The Morgan fingerprint density at radius 1 is 1.22 bits per heavy atom. The Hall–Kier alpha value is -1.29. The molecule has 1 aromatic heterocycles. The maximum atomic E-state index is 12.8. The lowest BCUT2D eigenvalue weighted by Gasteiger charge is -2.38. The van der Waals surface area contributed by atoms with Gasteiger partial charge >= 0.3 is 0 Å². The molecule has 1 aromatic rings. The minimum absolute atomic E-state index is 0.0843. The highest BCUT2D eigenvalue weighted by molar-refractivity contribution is 5.94. The van der Waals surface area contributed by atoms with Crippen molar-refractivity contribution < 1.29 is 9.21 Å². The number of furan rings is 1. The molecule has 1 unspecified atom stereocenters. The number of likely N-dealkylation sites (tertiary alicyclic amines) is 2. The number of carbonyl (C=O) groups is 1. The first-order valence-electron chi connectivity index (χ1n) is 9.17. The van der Waals surface area contributed by atoms with Crippen molar-refractivity contribution in [1.82, 2.24) is 9.80 Å². The van der Waals surface area contributed by atoms with Crippen LogP contribution in [0.1, 0.15) is 62.7 Å². The highest BCUT2D eigenvalue weighted by Gasteiger charge is 2.44. The van der Waals surface area contributed by atoms with Gasteiger partial charge in [-0.05, 0) is 63.6 Å². The molecule has 1 spiro atoms. The van der Waals surface area contributed by atoms with Gasteiger partial charge in [0.25, 0.3) is 5.91 Å². The Labute approximate surface area is 139 Å². The van der Waals surface area contributed by atoms with E-state index in [2.05, 4.69) is 23.6 Å². The number of hydrogen-bond donors (Lipinski definition) is 0. The van der Waals surface area contributed by atoms with Crippen LogP contribution in [0.5, 0.6) is 0 Å². The van der Waals surface area contributed by atoms with Crippen LogP contribution in [0, 0.1) is 5.92 Å². The van der Waals surface area contributed by atoms with Crippen LogP contribution in [-0.2, 0) is 0 Å². The summed E-state index contributed by atoms with van der Waals surface area (Å²) in [5.74, 6) is 0.921. The van der Waals surface area contributed by atoms with Gasteiger partial charge in [0.1, 0.15) is 6.26 Å². The Bertz CT molecular complexity index is 511. The minimum atomic E-state index is 0.0843. The van der Waals surface area contributed by atoms with Gasteiger partial charge in [0.05, 0.1) is 11.8 Å². The Kier molecular flexibility index (Phi) is 5.10. The molecule has 0 saturated carbocycles. The first-order valence-corrected chi connectivity index (χ1v) is 9.17. The summed E-state index contributed by atoms with van der Waals surface area (Å²) in [6.07, 6.45) is 10.2. The largest absolute Gasteiger partial charge is 0.472 e. The summed E-state index contributed by atoms with van der Waals surface area (Å²) in [5.41, 5.74) is 0.785. The first kappa shape index (κ1) is 16.6. The van der Waals surface area contributed by atoms with Crippen LogP contribution >= 0.6 is 0 Å². The summed E-state index contributed by atoms with van der Waals surface area (Å²) in [4.78, 5) is 17.6.